The molecule has 1 aromatic carbocycles. The van der Waals surface area contributed by atoms with Crippen molar-refractivity contribution in [2.24, 2.45) is 5.41 Å². The smallest absolute Gasteiger partial charge is 0.432 e. The summed E-state index contributed by atoms with van der Waals surface area (Å²) in [7, 11) is 0. The number of benzene rings is 1. The summed E-state index contributed by atoms with van der Waals surface area (Å²) in [6, 6.07) is 3.16. The Labute approximate surface area is 144 Å². The third kappa shape index (κ3) is 4.31. The van der Waals surface area contributed by atoms with E-state index in [-0.39, 0.29) is 23.8 Å². The summed E-state index contributed by atoms with van der Waals surface area (Å²) in [6.45, 7) is 7.56. The zero-order valence-corrected chi connectivity index (χ0v) is 14.7. The Bertz CT molecular complexity index is 665. The summed E-state index contributed by atoms with van der Waals surface area (Å²) in [6.07, 6.45) is -5.26. The van der Waals surface area contributed by atoms with E-state index in [1.54, 1.807) is 20.8 Å². The van der Waals surface area contributed by atoms with Crippen molar-refractivity contribution in [2.45, 2.75) is 46.4 Å². The zero-order valence-electron chi connectivity index (χ0n) is 14.7. The van der Waals surface area contributed by atoms with E-state index in [1.807, 2.05) is 0 Å². The maximum absolute atomic E-state index is 13.3. The van der Waals surface area contributed by atoms with Gasteiger partial charge in [-0.1, -0.05) is 32.9 Å². The summed E-state index contributed by atoms with van der Waals surface area (Å²) < 4.78 is 44.4. The van der Waals surface area contributed by atoms with Crippen LogP contribution < -0.4 is 5.32 Å². The van der Waals surface area contributed by atoms with E-state index in [9.17, 15) is 27.9 Å². The third-order valence-corrected chi connectivity index (χ3v) is 3.55. The second-order valence-corrected chi connectivity index (χ2v) is 6.66. The van der Waals surface area contributed by atoms with Crippen LogP contribution >= 0.6 is 0 Å². The summed E-state index contributed by atoms with van der Waals surface area (Å²) in [5.74, 6) is -2.12. The first kappa shape index (κ1) is 21.0. The van der Waals surface area contributed by atoms with Crippen LogP contribution in [0.5, 0.6) is 0 Å². The van der Waals surface area contributed by atoms with Gasteiger partial charge in [-0.05, 0) is 25.5 Å². The first-order chi connectivity index (χ1) is 11.2. The second kappa shape index (κ2) is 7.03. The molecule has 0 bridgehead atoms. The quantitative estimate of drug-likeness (QED) is 0.807. The second-order valence-electron chi connectivity index (χ2n) is 6.66. The minimum Gasteiger partial charge on any atom is -0.463 e. The molecule has 0 radical (unpaired) electrons. The number of carbonyl (C=O) groups is 2. The van der Waals surface area contributed by atoms with Gasteiger partial charge in [0.05, 0.1) is 6.61 Å². The summed E-state index contributed by atoms with van der Waals surface area (Å²) in [4.78, 5) is 23.8. The zero-order chi connectivity index (χ0) is 19.6. The highest BCUT2D eigenvalue weighted by atomic mass is 19.4. The number of esters is 1. The number of halogens is 3. The van der Waals surface area contributed by atoms with Crippen LogP contribution in [-0.4, -0.2) is 29.8 Å². The molecule has 0 saturated carbocycles. The molecular weight excluding hydrogens is 339 g/mol. The minimum atomic E-state index is -5.26. The van der Waals surface area contributed by atoms with Crippen LogP contribution in [0.2, 0.25) is 0 Å². The molecule has 2 N–H and O–H groups in total. The van der Waals surface area contributed by atoms with Crippen molar-refractivity contribution in [1.82, 2.24) is 0 Å². The lowest BCUT2D eigenvalue weighted by Gasteiger charge is -2.29. The normalized spacial score (nSPS) is 14.6. The predicted molar refractivity (Wildman–Crippen MR) is 85.8 cm³/mol. The molecule has 1 rings (SSSR count). The molecule has 8 heteroatoms. The molecule has 1 aromatic rings. The SMILES string of the molecule is CCOC(=O)C(O)(c1ccc(NC(=O)C(C)(C)C)c(C)c1)C(F)(F)F. The van der Waals surface area contributed by atoms with Gasteiger partial charge in [-0.3, -0.25) is 4.79 Å². The maximum Gasteiger partial charge on any atom is 0.432 e. The van der Waals surface area contributed by atoms with Gasteiger partial charge in [0.25, 0.3) is 5.60 Å². The van der Waals surface area contributed by atoms with Gasteiger partial charge < -0.3 is 15.2 Å². The van der Waals surface area contributed by atoms with E-state index in [0.717, 1.165) is 12.1 Å². The van der Waals surface area contributed by atoms with Crippen molar-refractivity contribution in [1.29, 1.82) is 0 Å². The first-order valence-corrected chi connectivity index (χ1v) is 7.64. The van der Waals surface area contributed by atoms with E-state index in [4.69, 9.17) is 0 Å². The van der Waals surface area contributed by atoms with Crippen molar-refractivity contribution in [3.63, 3.8) is 0 Å². The minimum absolute atomic E-state index is 0.266. The van der Waals surface area contributed by atoms with Crippen LogP contribution in [0.4, 0.5) is 18.9 Å². The molecule has 1 unspecified atom stereocenters. The fourth-order valence-corrected chi connectivity index (χ4v) is 1.97. The van der Waals surface area contributed by atoms with E-state index in [1.165, 1.54) is 19.9 Å². The Kier molecular flexibility index (Phi) is 5.89. The monoisotopic (exact) mass is 361 g/mol. The highest BCUT2D eigenvalue weighted by molar-refractivity contribution is 5.95. The number of aliphatic hydroxyl groups is 1. The number of aryl methyl sites for hydroxylation is 1. The predicted octanol–water partition coefficient (Wildman–Crippen LogP) is 3.29. The molecule has 0 aromatic heterocycles. The van der Waals surface area contributed by atoms with Gasteiger partial charge in [-0.15, -0.1) is 0 Å². The fraction of sp³-hybridized carbons (Fsp3) is 0.529. The van der Waals surface area contributed by atoms with Gasteiger partial charge in [-0.2, -0.15) is 13.2 Å². The fourth-order valence-electron chi connectivity index (χ4n) is 1.97. The van der Waals surface area contributed by atoms with Crippen molar-refractivity contribution in [3.05, 3.63) is 29.3 Å². The van der Waals surface area contributed by atoms with E-state index < -0.39 is 28.7 Å². The molecule has 1 amide bonds. The van der Waals surface area contributed by atoms with Crippen LogP contribution in [-0.2, 0) is 19.9 Å². The number of amides is 1. The number of hydrogen-bond donors (Lipinski definition) is 2. The van der Waals surface area contributed by atoms with Crippen molar-refractivity contribution >= 4 is 17.6 Å². The Morgan fingerprint density at radius 1 is 1.20 bits per heavy atom. The van der Waals surface area contributed by atoms with E-state index >= 15 is 0 Å². The molecule has 140 valence electrons. The lowest BCUT2D eigenvalue weighted by Crippen LogP contribution is -2.50. The number of carbonyl (C=O) groups excluding carboxylic acids is 2. The maximum atomic E-state index is 13.3. The number of hydrogen-bond acceptors (Lipinski definition) is 4. The molecule has 0 spiro atoms. The van der Waals surface area contributed by atoms with Gasteiger partial charge in [0.1, 0.15) is 0 Å². The molecule has 0 fully saturated rings. The van der Waals surface area contributed by atoms with Crippen molar-refractivity contribution in [2.75, 3.05) is 11.9 Å². The molecule has 0 aliphatic heterocycles. The highest BCUT2D eigenvalue weighted by Gasteiger charge is 2.62. The molecule has 0 heterocycles. The summed E-state index contributed by atoms with van der Waals surface area (Å²) in [5.41, 5.74) is -4.59. The highest BCUT2D eigenvalue weighted by Crippen LogP contribution is 2.41. The summed E-state index contributed by atoms with van der Waals surface area (Å²) >= 11 is 0. The average Bonchev–Trinajstić information content (AvgIpc) is 2.46. The van der Waals surface area contributed by atoms with Crippen molar-refractivity contribution in [3.8, 4) is 0 Å². The van der Waals surface area contributed by atoms with Gasteiger partial charge >= 0.3 is 12.1 Å². The van der Waals surface area contributed by atoms with Crippen LogP contribution in [0.15, 0.2) is 18.2 Å². The molecule has 0 aliphatic rings. The van der Waals surface area contributed by atoms with E-state index in [0.29, 0.717) is 0 Å². The number of ether oxygens (including phenoxy) is 1. The number of rotatable bonds is 4. The van der Waals surface area contributed by atoms with Crippen LogP contribution in [0.3, 0.4) is 0 Å². The van der Waals surface area contributed by atoms with Crippen molar-refractivity contribution < 1.29 is 32.6 Å². The van der Waals surface area contributed by atoms with Crippen LogP contribution in [0.25, 0.3) is 0 Å². The standard InChI is InChI=1S/C17H22F3NO4/c1-6-25-14(23)16(24,17(18,19)20)11-7-8-12(10(2)9-11)21-13(22)15(3,4)5/h7-9,24H,6H2,1-5H3,(H,21,22). The van der Waals surface area contributed by atoms with Gasteiger partial charge in [-0.25, -0.2) is 4.79 Å². The molecular formula is C17H22F3NO4. The topological polar surface area (TPSA) is 75.6 Å². The Morgan fingerprint density at radius 3 is 2.16 bits per heavy atom. The Morgan fingerprint density at radius 2 is 1.76 bits per heavy atom. The van der Waals surface area contributed by atoms with Gasteiger partial charge in [0.15, 0.2) is 0 Å². The lowest BCUT2D eigenvalue weighted by atomic mass is 9.91. The molecule has 0 aliphatic carbocycles. The molecule has 25 heavy (non-hydrogen) atoms. The van der Waals surface area contributed by atoms with E-state index in [2.05, 4.69) is 10.1 Å². The number of nitrogens with one attached hydrogen (secondary N) is 1. The Hall–Kier alpha value is -2.09. The molecule has 0 saturated heterocycles. The largest absolute Gasteiger partial charge is 0.463 e. The number of anilines is 1. The molecule has 1 atom stereocenters. The van der Waals surface area contributed by atoms with Crippen LogP contribution in [0, 0.1) is 12.3 Å². The summed E-state index contributed by atoms with van der Waals surface area (Å²) in [5, 5.41) is 12.7. The molecule has 5 nitrogen and oxygen atoms in total. The van der Waals surface area contributed by atoms with Crippen LogP contribution in [0.1, 0.15) is 38.8 Å². The lowest BCUT2D eigenvalue weighted by molar-refractivity contribution is -0.267. The van der Waals surface area contributed by atoms with Gasteiger partial charge in [0.2, 0.25) is 5.91 Å². The van der Waals surface area contributed by atoms with Gasteiger partial charge in [0, 0.05) is 16.7 Å². The Balaban J connectivity index is 3.31. The number of alkyl halides is 3. The first-order valence-electron chi connectivity index (χ1n) is 7.64. The average molecular weight is 361 g/mol. The third-order valence-electron chi connectivity index (χ3n) is 3.55.